The Morgan fingerprint density at radius 3 is 2.88 bits per heavy atom. The Morgan fingerprint density at radius 1 is 1.21 bits per heavy atom. The fraction of sp³-hybridized carbons (Fsp3) is 0.222. The van der Waals surface area contributed by atoms with Crippen LogP contribution >= 0.6 is 0 Å². The van der Waals surface area contributed by atoms with Crippen molar-refractivity contribution in [3.05, 3.63) is 59.9 Å². The van der Waals surface area contributed by atoms with Gasteiger partial charge in [0.15, 0.2) is 5.82 Å². The van der Waals surface area contributed by atoms with E-state index in [9.17, 15) is 9.18 Å². The number of ether oxygens (including phenoxy) is 1. The zero-order valence-electron chi connectivity index (χ0n) is 12.8. The summed E-state index contributed by atoms with van der Waals surface area (Å²) in [5.74, 6) is -0.312. The first-order valence-electron chi connectivity index (χ1n) is 7.85. The van der Waals surface area contributed by atoms with E-state index in [0.29, 0.717) is 23.1 Å². The van der Waals surface area contributed by atoms with Crippen LogP contribution in [0.3, 0.4) is 0 Å². The molecule has 2 N–H and O–H groups in total. The second-order valence-corrected chi connectivity index (χ2v) is 5.85. The first-order valence-corrected chi connectivity index (χ1v) is 7.85. The molecule has 0 unspecified atom stereocenters. The topological polar surface area (TPSA) is 67.0 Å². The van der Waals surface area contributed by atoms with E-state index >= 15 is 0 Å². The predicted octanol–water partition coefficient (Wildman–Crippen LogP) is 3.56. The highest BCUT2D eigenvalue weighted by molar-refractivity contribution is 6.01. The number of anilines is 1. The van der Waals surface area contributed by atoms with E-state index in [0.717, 1.165) is 12.0 Å². The third-order valence-corrected chi connectivity index (χ3v) is 4.25. The van der Waals surface area contributed by atoms with Gasteiger partial charge in [-0.2, -0.15) is 5.10 Å². The largest absolute Gasteiger partial charge is 0.360 e. The molecule has 2 aromatic carbocycles. The molecule has 4 rings (SSSR count). The molecule has 0 radical (unpaired) electrons. The minimum Gasteiger partial charge on any atom is -0.360 e. The lowest BCUT2D eigenvalue weighted by molar-refractivity contribution is -0.126. The van der Waals surface area contributed by atoms with Gasteiger partial charge >= 0.3 is 0 Å². The standard InChI is InChI=1S/C18H16FN3O2/c19-12-6-7-14-13(10-12)17(22-21-14)20-18(23)16-9-8-15(24-16)11-4-2-1-3-5-11/h1-7,10,15-16H,8-9H2,(H2,20,21,22,23)/t15-,16+/m0/s1. The zero-order chi connectivity index (χ0) is 16.5. The summed E-state index contributed by atoms with van der Waals surface area (Å²) in [6.45, 7) is 0. The second-order valence-electron chi connectivity index (χ2n) is 5.85. The van der Waals surface area contributed by atoms with Crippen LogP contribution in [-0.4, -0.2) is 22.2 Å². The number of nitrogens with one attached hydrogen (secondary N) is 2. The van der Waals surface area contributed by atoms with Gasteiger partial charge in [-0.1, -0.05) is 30.3 Å². The third-order valence-electron chi connectivity index (χ3n) is 4.25. The number of hydrogen-bond donors (Lipinski definition) is 2. The van der Waals surface area contributed by atoms with Crippen LogP contribution in [0.4, 0.5) is 10.2 Å². The number of nitrogens with zero attached hydrogens (tertiary/aromatic N) is 1. The highest BCUT2D eigenvalue weighted by Crippen LogP contribution is 2.33. The first-order chi connectivity index (χ1) is 11.7. The monoisotopic (exact) mass is 325 g/mol. The van der Waals surface area contributed by atoms with Crippen LogP contribution < -0.4 is 5.32 Å². The van der Waals surface area contributed by atoms with Gasteiger partial charge in [-0.15, -0.1) is 0 Å². The van der Waals surface area contributed by atoms with Gasteiger partial charge in [0.2, 0.25) is 0 Å². The number of aromatic nitrogens is 2. The molecule has 5 nitrogen and oxygen atoms in total. The molecule has 122 valence electrons. The van der Waals surface area contributed by atoms with Crippen molar-refractivity contribution in [2.45, 2.75) is 25.0 Å². The molecule has 1 amide bonds. The van der Waals surface area contributed by atoms with Crippen molar-refractivity contribution in [1.29, 1.82) is 0 Å². The van der Waals surface area contributed by atoms with E-state index < -0.39 is 6.10 Å². The smallest absolute Gasteiger partial charge is 0.254 e. The number of benzene rings is 2. The summed E-state index contributed by atoms with van der Waals surface area (Å²) in [7, 11) is 0. The molecule has 24 heavy (non-hydrogen) atoms. The maximum absolute atomic E-state index is 13.4. The van der Waals surface area contributed by atoms with E-state index in [1.807, 2.05) is 30.3 Å². The molecular weight excluding hydrogens is 309 g/mol. The number of halogens is 1. The minimum atomic E-state index is -0.532. The van der Waals surface area contributed by atoms with Crippen LogP contribution in [0.5, 0.6) is 0 Å². The molecular formula is C18H16FN3O2. The van der Waals surface area contributed by atoms with Crippen LogP contribution in [0.25, 0.3) is 10.9 Å². The summed E-state index contributed by atoms with van der Waals surface area (Å²) >= 11 is 0. The fourth-order valence-electron chi connectivity index (χ4n) is 3.02. The molecule has 0 saturated carbocycles. The van der Waals surface area contributed by atoms with Gasteiger partial charge in [0.1, 0.15) is 11.9 Å². The number of H-pyrrole nitrogens is 1. The van der Waals surface area contributed by atoms with E-state index in [1.54, 1.807) is 6.07 Å². The highest BCUT2D eigenvalue weighted by Gasteiger charge is 2.32. The molecule has 0 bridgehead atoms. The Hall–Kier alpha value is -2.73. The normalized spacial score (nSPS) is 20.4. The first kappa shape index (κ1) is 14.8. The number of hydrogen-bond acceptors (Lipinski definition) is 3. The average molecular weight is 325 g/mol. The maximum atomic E-state index is 13.4. The van der Waals surface area contributed by atoms with Gasteiger partial charge in [0.25, 0.3) is 5.91 Å². The van der Waals surface area contributed by atoms with Gasteiger partial charge in [-0.25, -0.2) is 4.39 Å². The van der Waals surface area contributed by atoms with Gasteiger partial charge in [-0.3, -0.25) is 9.89 Å². The molecule has 1 aromatic heterocycles. The van der Waals surface area contributed by atoms with Crippen LogP contribution in [0.15, 0.2) is 48.5 Å². The quantitative estimate of drug-likeness (QED) is 0.774. The van der Waals surface area contributed by atoms with Crippen molar-refractivity contribution in [3.63, 3.8) is 0 Å². The van der Waals surface area contributed by atoms with Crippen LogP contribution in [0.1, 0.15) is 24.5 Å². The lowest BCUT2D eigenvalue weighted by Gasteiger charge is -2.13. The van der Waals surface area contributed by atoms with Crippen molar-refractivity contribution in [3.8, 4) is 0 Å². The number of carbonyl (C=O) groups excluding carboxylic acids is 1. The SMILES string of the molecule is O=C(Nc1n[nH]c2ccc(F)cc12)[C@H]1CC[C@@H](c2ccccc2)O1. The van der Waals surface area contributed by atoms with Crippen molar-refractivity contribution in [2.24, 2.45) is 0 Å². The number of rotatable bonds is 3. The molecule has 0 spiro atoms. The molecule has 1 fully saturated rings. The number of aromatic amines is 1. The minimum absolute atomic E-state index is 0.0738. The molecule has 0 aliphatic carbocycles. The number of fused-ring (bicyclic) bond motifs is 1. The lowest BCUT2D eigenvalue weighted by Crippen LogP contribution is -2.27. The Bertz CT molecular complexity index is 878. The molecule has 1 aliphatic heterocycles. The van der Waals surface area contributed by atoms with E-state index in [1.165, 1.54) is 12.1 Å². The summed E-state index contributed by atoms with van der Waals surface area (Å²) < 4.78 is 19.3. The van der Waals surface area contributed by atoms with Gasteiger partial charge in [0, 0.05) is 5.39 Å². The van der Waals surface area contributed by atoms with Crippen molar-refractivity contribution in [1.82, 2.24) is 10.2 Å². The van der Waals surface area contributed by atoms with Gasteiger partial charge < -0.3 is 10.1 Å². The van der Waals surface area contributed by atoms with Gasteiger partial charge in [-0.05, 0) is 36.6 Å². The van der Waals surface area contributed by atoms with E-state index in [4.69, 9.17) is 4.74 Å². The average Bonchev–Trinajstić information content (AvgIpc) is 3.23. The van der Waals surface area contributed by atoms with Gasteiger partial charge in [0.05, 0.1) is 11.6 Å². The Labute approximate surface area is 137 Å². The second kappa shape index (κ2) is 6.05. The fourth-order valence-corrected chi connectivity index (χ4v) is 3.02. The molecule has 3 aromatic rings. The van der Waals surface area contributed by atoms with E-state index in [2.05, 4.69) is 15.5 Å². The summed E-state index contributed by atoms with van der Waals surface area (Å²) in [6.07, 6.45) is 0.825. The van der Waals surface area contributed by atoms with E-state index in [-0.39, 0.29) is 17.8 Å². The third kappa shape index (κ3) is 2.76. The Balaban J connectivity index is 1.47. The summed E-state index contributed by atoms with van der Waals surface area (Å²) in [5, 5.41) is 10.1. The Morgan fingerprint density at radius 2 is 2.04 bits per heavy atom. The Kier molecular flexibility index (Phi) is 3.74. The van der Waals surface area contributed by atoms with Crippen molar-refractivity contribution in [2.75, 3.05) is 5.32 Å². The predicted molar refractivity (Wildman–Crippen MR) is 88.0 cm³/mol. The molecule has 1 saturated heterocycles. The molecule has 1 aliphatic rings. The lowest BCUT2D eigenvalue weighted by atomic mass is 10.1. The molecule has 2 atom stereocenters. The van der Waals surface area contributed by atoms with Crippen LogP contribution in [0, 0.1) is 5.82 Å². The van der Waals surface area contributed by atoms with Crippen LogP contribution in [0.2, 0.25) is 0 Å². The van der Waals surface area contributed by atoms with Crippen molar-refractivity contribution < 1.29 is 13.9 Å². The van der Waals surface area contributed by atoms with Crippen LogP contribution in [-0.2, 0) is 9.53 Å². The summed E-state index contributed by atoms with van der Waals surface area (Å²) in [4.78, 5) is 12.4. The molecule has 2 heterocycles. The number of amides is 1. The molecule has 6 heteroatoms. The van der Waals surface area contributed by atoms with Crippen molar-refractivity contribution >= 4 is 22.6 Å². The summed E-state index contributed by atoms with van der Waals surface area (Å²) in [6, 6.07) is 14.1. The maximum Gasteiger partial charge on any atom is 0.254 e. The zero-order valence-corrected chi connectivity index (χ0v) is 12.8. The summed E-state index contributed by atoms with van der Waals surface area (Å²) in [5.41, 5.74) is 1.74. The highest BCUT2D eigenvalue weighted by atomic mass is 19.1. The number of carbonyl (C=O) groups is 1.